The van der Waals surface area contributed by atoms with Gasteiger partial charge < -0.3 is 19.5 Å². The Labute approximate surface area is 221 Å². The number of carbonyl (C=O) groups excluding carboxylic acids is 2. The van der Waals surface area contributed by atoms with Crippen LogP contribution in [-0.4, -0.2) is 34.8 Å². The largest absolute Gasteiger partial charge is 0.467 e. The first-order valence-electron chi connectivity index (χ1n) is 13.2. The molecule has 1 N–H and O–H groups in total. The number of anilines is 1. The smallest absolute Gasteiger partial charge is 0.322 e. The fraction of sp³-hybridized carbons (Fsp3) is 0.419. The molecule has 0 aliphatic heterocycles. The molecular weight excluding hydrogens is 462 g/mol. The Balaban J connectivity index is 1.85. The molecule has 198 valence electrons. The molecule has 6 nitrogen and oxygen atoms in total. The molecule has 0 fully saturated rings. The van der Waals surface area contributed by atoms with Crippen LogP contribution in [0.15, 0.2) is 71.3 Å². The van der Waals surface area contributed by atoms with Crippen molar-refractivity contribution >= 4 is 17.6 Å². The first-order valence-corrected chi connectivity index (χ1v) is 13.2. The van der Waals surface area contributed by atoms with Gasteiger partial charge >= 0.3 is 6.03 Å². The molecule has 37 heavy (non-hydrogen) atoms. The standard InChI is InChI=1S/C31H41N3O3/c1-22(2)18-34(31(36)32-30-27(23(3)4)15-10-16-28(30)24(5)6)21-29(35)33(20-26-14-11-17-37-26)19-25-12-8-7-9-13-25/h7-17,22-24H,18-21H2,1-6H3,(H,32,36). The molecule has 0 atom stereocenters. The second-order valence-corrected chi connectivity index (χ2v) is 10.6. The number of nitrogens with one attached hydrogen (secondary N) is 1. The number of amides is 3. The minimum atomic E-state index is -0.255. The Morgan fingerprint density at radius 2 is 1.43 bits per heavy atom. The summed E-state index contributed by atoms with van der Waals surface area (Å²) in [6.07, 6.45) is 1.61. The van der Waals surface area contributed by atoms with E-state index in [0.29, 0.717) is 25.4 Å². The van der Waals surface area contributed by atoms with Gasteiger partial charge in [0.2, 0.25) is 5.91 Å². The van der Waals surface area contributed by atoms with Crippen LogP contribution in [0.2, 0.25) is 0 Å². The van der Waals surface area contributed by atoms with Gasteiger partial charge in [0.05, 0.1) is 12.8 Å². The highest BCUT2D eigenvalue weighted by Gasteiger charge is 2.25. The van der Waals surface area contributed by atoms with E-state index in [2.05, 4.69) is 59.0 Å². The lowest BCUT2D eigenvalue weighted by Crippen LogP contribution is -2.45. The summed E-state index contributed by atoms with van der Waals surface area (Å²) < 4.78 is 5.53. The summed E-state index contributed by atoms with van der Waals surface area (Å²) in [5.41, 5.74) is 4.07. The topological polar surface area (TPSA) is 65.8 Å². The molecular formula is C31H41N3O3. The summed E-state index contributed by atoms with van der Waals surface area (Å²) in [4.78, 5) is 30.7. The molecule has 1 heterocycles. The molecule has 3 rings (SSSR count). The van der Waals surface area contributed by atoms with Gasteiger partial charge in [0.25, 0.3) is 0 Å². The first kappa shape index (κ1) is 28.0. The second kappa shape index (κ2) is 13.1. The normalized spacial score (nSPS) is 11.3. The van der Waals surface area contributed by atoms with E-state index in [4.69, 9.17) is 4.42 Å². The van der Waals surface area contributed by atoms with Crippen molar-refractivity contribution in [2.45, 2.75) is 66.5 Å². The van der Waals surface area contributed by atoms with Crippen molar-refractivity contribution in [1.82, 2.24) is 9.80 Å². The molecule has 0 saturated carbocycles. The molecule has 0 aliphatic carbocycles. The predicted molar refractivity (Wildman–Crippen MR) is 149 cm³/mol. The highest BCUT2D eigenvalue weighted by Crippen LogP contribution is 2.32. The van der Waals surface area contributed by atoms with Crippen LogP contribution in [0.25, 0.3) is 0 Å². The molecule has 1 aromatic heterocycles. The molecule has 0 radical (unpaired) electrons. The van der Waals surface area contributed by atoms with Crippen molar-refractivity contribution in [2.24, 2.45) is 5.92 Å². The lowest BCUT2D eigenvalue weighted by Gasteiger charge is -2.29. The van der Waals surface area contributed by atoms with Gasteiger partial charge in [-0.1, -0.05) is 90.1 Å². The second-order valence-electron chi connectivity index (χ2n) is 10.6. The third-order valence-electron chi connectivity index (χ3n) is 6.30. The molecule has 0 bridgehead atoms. The van der Waals surface area contributed by atoms with Crippen LogP contribution < -0.4 is 5.32 Å². The van der Waals surface area contributed by atoms with Crippen LogP contribution in [0.3, 0.4) is 0 Å². The molecule has 0 aliphatic rings. The van der Waals surface area contributed by atoms with Crippen molar-refractivity contribution < 1.29 is 14.0 Å². The number of hydrogen-bond donors (Lipinski definition) is 1. The SMILES string of the molecule is CC(C)CN(CC(=O)N(Cc1ccccc1)Cc1ccco1)C(=O)Nc1c(C(C)C)cccc1C(C)C. The van der Waals surface area contributed by atoms with Crippen LogP contribution in [0.1, 0.15) is 75.8 Å². The lowest BCUT2D eigenvalue weighted by molar-refractivity contribution is -0.133. The van der Waals surface area contributed by atoms with Crippen molar-refractivity contribution in [3.63, 3.8) is 0 Å². The van der Waals surface area contributed by atoms with Gasteiger partial charge in [-0.3, -0.25) is 4.79 Å². The van der Waals surface area contributed by atoms with E-state index in [1.807, 2.05) is 48.5 Å². The average Bonchev–Trinajstić information content (AvgIpc) is 3.36. The Morgan fingerprint density at radius 1 is 0.784 bits per heavy atom. The maximum atomic E-state index is 13.7. The maximum Gasteiger partial charge on any atom is 0.322 e. The van der Waals surface area contributed by atoms with E-state index < -0.39 is 0 Å². The number of benzene rings is 2. The Kier molecular flexibility index (Phi) is 9.95. The van der Waals surface area contributed by atoms with E-state index in [0.717, 1.165) is 22.4 Å². The fourth-order valence-corrected chi connectivity index (χ4v) is 4.43. The van der Waals surface area contributed by atoms with Crippen LogP contribution in [0.5, 0.6) is 0 Å². The van der Waals surface area contributed by atoms with Crippen LogP contribution >= 0.6 is 0 Å². The van der Waals surface area contributed by atoms with Gasteiger partial charge in [-0.05, 0) is 46.6 Å². The van der Waals surface area contributed by atoms with Crippen LogP contribution in [-0.2, 0) is 17.9 Å². The number of urea groups is 1. The quantitative estimate of drug-likeness (QED) is 0.300. The van der Waals surface area contributed by atoms with E-state index in [1.54, 1.807) is 16.1 Å². The Bertz CT molecular complexity index is 1110. The zero-order valence-corrected chi connectivity index (χ0v) is 23.0. The third kappa shape index (κ3) is 7.97. The zero-order valence-electron chi connectivity index (χ0n) is 23.0. The lowest BCUT2D eigenvalue weighted by atomic mass is 9.93. The van der Waals surface area contributed by atoms with Crippen molar-refractivity contribution in [3.8, 4) is 0 Å². The van der Waals surface area contributed by atoms with Gasteiger partial charge in [-0.2, -0.15) is 0 Å². The summed E-state index contributed by atoms with van der Waals surface area (Å²) in [6, 6.07) is 19.5. The summed E-state index contributed by atoms with van der Waals surface area (Å²) in [6.45, 7) is 13.8. The summed E-state index contributed by atoms with van der Waals surface area (Å²) in [5, 5.41) is 3.18. The third-order valence-corrected chi connectivity index (χ3v) is 6.30. The fourth-order valence-electron chi connectivity index (χ4n) is 4.43. The van der Waals surface area contributed by atoms with Gasteiger partial charge in [0.15, 0.2) is 0 Å². The van der Waals surface area contributed by atoms with E-state index >= 15 is 0 Å². The monoisotopic (exact) mass is 503 g/mol. The minimum Gasteiger partial charge on any atom is -0.467 e. The summed E-state index contributed by atoms with van der Waals surface area (Å²) >= 11 is 0. The molecule has 2 aromatic carbocycles. The van der Waals surface area contributed by atoms with Gasteiger partial charge in [-0.25, -0.2) is 4.79 Å². The van der Waals surface area contributed by atoms with Crippen molar-refractivity contribution in [3.05, 3.63) is 89.4 Å². The van der Waals surface area contributed by atoms with E-state index in [9.17, 15) is 9.59 Å². The van der Waals surface area contributed by atoms with Crippen molar-refractivity contribution in [1.29, 1.82) is 0 Å². The molecule has 0 saturated heterocycles. The highest BCUT2D eigenvalue weighted by atomic mass is 16.3. The van der Waals surface area contributed by atoms with Gasteiger partial charge in [0.1, 0.15) is 12.3 Å². The highest BCUT2D eigenvalue weighted by molar-refractivity contribution is 5.94. The summed E-state index contributed by atoms with van der Waals surface area (Å²) in [7, 11) is 0. The first-order chi connectivity index (χ1) is 17.7. The van der Waals surface area contributed by atoms with Crippen LogP contribution in [0, 0.1) is 5.92 Å². The van der Waals surface area contributed by atoms with Gasteiger partial charge in [-0.15, -0.1) is 0 Å². The number of rotatable bonds is 11. The minimum absolute atomic E-state index is 0.0155. The van der Waals surface area contributed by atoms with E-state index in [-0.39, 0.29) is 36.2 Å². The average molecular weight is 504 g/mol. The van der Waals surface area contributed by atoms with Crippen LogP contribution in [0.4, 0.5) is 10.5 Å². The molecule has 6 heteroatoms. The van der Waals surface area contributed by atoms with Crippen molar-refractivity contribution in [2.75, 3.05) is 18.4 Å². The van der Waals surface area contributed by atoms with E-state index in [1.165, 1.54) is 0 Å². The Morgan fingerprint density at radius 3 is 1.97 bits per heavy atom. The predicted octanol–water partition coefficient (Wildman–Crippen LogP) is 7.25. The number of para-hydroxylation sites is 1. The summed E-state index contributed by atoms with van der Waals surface area (Å²) in [5.74, 6) is 1.29. The zero-order chi connectivity index (χ0) is 26.9. The number of furan rings is 1. The number of carbonyl (C=O) groups is 2. The Hall–Kier alpha value is -3.54. The molecule has 0 unspecified atom stereocenters. The number of nitrogens with zero attached hydrogens (tertiary/aromatic N) is 2. The number of hydrogen-bond acceptors (Lipinski definition) is 3. The van der Waals surface area contributed by atoms with Gasteiger partial charge in [0, 0.05) is 18.8 Å². The molecule has 0 spiro atoms. The molecule has 3 aromatic rings. The maximum absolute atomic E-state index is 13.7. The molecule has 3 amide bonds.